The van der Waals surface area contributed by atoms with Crippen LogP contribution in [0.25, 0.3) is 11.4 Å². The van der Waals surface area contributed by atoms with E-state index in [0.717, 1.165) is 27.8 Å². The first-order valence-electron chi connectivity index (χ1n) is 10.3. The van der Waals surface area contributed by atoms with Gasteiger partial charge in [-0.15, -0.1) is 11.3 Å². The Balaban J connectivity index is 1.34. The second kappa shape index (κ2) is 10.6. The van der Waals surface area contributed by atoms with Crippen LogP contribution in [0.1, 0.15) is 12.0 Å². The number of aryl methyl sites for hydroxylation is 1. The van der Waals surface area contributed by atoms with E-state index >= 15 is 0 Å². The number of rotatable bonds is 9. The Morgan fingerprint density at radius 1 is 0.970 bits per heavy atom. The van der Waals surface area contributed by atoms with Gasteiger partial charge < -0.3 is 19.5 Å². The average Bonchev–Trinajstić information content (AvgIpc) is 3.31. The lowest BCUT2D eigenvalue weighted by Crippen LogP contribution is -2.09. The first kappa shape index (κ1) is 22.3. The van der Waals surface area contributed by atoms with Gasteiger partial charge in [0.25, 0.3) is 0 Å². The molecule has 0 saturated heterocycles. The molecule has 0 amide bonds. The zero-order valence-corrected chi connectivity index (χ0v) is 19.1. The fourth-order valence-corrected chi connectivity index (χ4v) is 3.91. The molecule has 7 nitrogen and oxygen atoms in total. The molecule has 2 aromatic heterocycles. The Morgan fingerprint density at radius 2 is 1.85 bits per heavy atom. The van der Waals surface area contributed by atoms with Crippen LogP contribution in [0.15, 0.2) is 72.2 Å². The predicted molar refractivity (Wildman–Crippen MR) is 129 cm³/mol. The van der Waals surface area contributed by atoms with Gasteiger partial charge in [0.2, 0.25) is 0 Å². The number of esters is 1. The summed E-state index contributed by atoms with van der Waals surface area (Å²) < 4.78 is 16.1. The van der Waals surface area contributed by atoms with Crippen molar-refractivity contribution in [1.82, 2.24) is 9.97 Å². The molecule has 0 radical (unpaired) electrons. The lowest BCUT2D eigenvalue weighted by atomic mass is 10.1. The summed E-state index contributed by atoms with van der Waals surface area (Å²) in [5.74, 6) is 1.45. The molecule has 1 N–H and O–H groups in total. The summed E-state index contributed by atoms with van der Waals surface area (Å²) in [6.45, 7) is 0. The number of nitrogens with zero attached hydrogens (tertiary/aromatic N) is 2. The monoisotopic (exact) mass is 461 g/mol. The van der Waals surface area contributed by atoms with Gasteiger partial charge in [0.15, 0.2) is 16.6 Å². The van der Waals surface area contributed by atoms with E-state index in [1.807, 2.05) is 53.9 Å². The lowest BCUT2D eigenvalue weighted by molar-refractivity contribution is -0.134. The third kappa shape index (κ3) is 5.87. The number of ether oxygens (including phenoxy) is 3. The second-order valence-corrected chi connectivity index (χ2v) is 7.93. The third-order valence-corrected chi connectivity index (χ3v) is 5.57. The molecule has 0 saturated carbocycles. The molecule has 2 aromatic carbocycles. The van der Waals surface area contributed by atoms with Crippen LogP contribution in [0, 0.1) is 0 Å². The maximum atomic E-state index is 12.4. The minimum atomic E-state index is -0.311. The van der Waals surface area contributed by atoms with Crippen LogP contribution >= 0.6 is 11.3 Å². The van der Waals surface area contributed by atoms with Gasteiger partial charge in [0.05, 0.1) is 19.9 Å². The van der Waals surface area contributed by atoms with E-state index in [4.69, 9.17) is 14.2 Å². The quantitative estimate of drug-likeness (QED) is 0.260. The molecule has 168 valence electrons. The molecular formula is C25H23N3O4S. The zero-order valence-electron chi connectivity index (χ0n) is 18.3. The van der Waals surface area contributed by atoms with Gasteiger partial charge in [-0.3, -0.25) is 9.78 Å². The summed E-state index contributed by atoms with van der Waals surface area (Å²) in [5.41, 5.74) is 3.37. The average molecular weight is 462 g/mol. The highest BCUT2D eigenvalue weighted by Gasteiger charge is 2.10. The van der Waals surface area contributed by atoms with Crippen LogP contribution in [0.3, 0.4) is 0 Å². The zero-order chi connectivity index (χ0) is 23.0. The van der Waals surface area contributed by atoms with Crippen LogP contribution in [0.2, 0.25) is 0 Å². The standard InChI is InChI=1S/C25H23N3O4S/c1-30-22-11-9-17(14-23(22)31-2)10-12-24(29)32-19-7-5-6-18(15-19)27-25-28-21(16-33-25)20-8-3-4-13-26-20/h3-9,11,13-16H,10,12H2,1-2H3,(H,27,28). The molecule has 33 heavy (non-hydrogen) atoms. The second-order valence-electron chi connectivity index (χ2n) is 7.07. The predicted octanol–water partition coefficient (Wildman–Crippen LogP) is 5.50. The fraction of sp³-hybridized carbons (Fsp3) is 0.160. The van der Waals surface area contributed by atoms with Crippen molar-refractivity contribution in [3.05, 3.63) is 77.8 Å². The number of hydrogen-bond acceptors (Lipinski definition) is 8. The van der Waals surface area contributed by atoms with Gasteiger partial charge in [0, 0.05) is 29.8 Å². The van der Waals surface area contributed by atoms with Gasteiger partial charge in [-0.25, -0.2) is 4.98 Å². The molecular weight excluding hydrogens is 438 g/mol. The normalized spacial score (nSPS) is 10.5. The van der Waals surface area contributed by atoms with Gasteiger partial charge in [-0.1, -0.05) is 18.2 Å². The first-order chi connectivity index (χ1) is 16.1. The molecule has 0 aliphatic heterocycles. The Morgan fingerprint density at radius 3 is 2.64 bits per heavy atom. The lowest BCUT2D eigenvalue weighted by Gasteiger charge is -2.10. The Bertz CT molecular complexity index is 1230. The summed E-state index contributed by atoms with van der Waals surface area (Å²) in [6, 6.07) is 18.6. The number of carbonyl (C=O) groups excluding carboxylic acids is 1. The van der Waals surface area contributed by atoms with Gasteiger partial charge in [-0.2, -0.15) is 0 Å². The maximum absolute atomic E-state index is 12.4. The number of nitrogens with one attached hydrogen (secondary N) is 1. The van der Waals surface area contributed by atoms with Gasteiger partial charge in [0.1, 0.15) is 11.4 Å². The highest BCUT2D eigenvalue weighted by Crippen LogP contribution is 2.29. The van der Waals surface area contributed by atoms with E-state index < -0.39 is 0 Å². The van der Waals surface area contributed by atoms with E-state index in [1.165, 1.54) is 11.3 Å². The highest BCUT2D eigenvalue weighted by atomic mass is 32.1. The third-order valence-electron chi connectivity index (χ3n) is 4.81. The van der Waals surface area contributed by atoms with Gasteiger partial charge >= 0.3 is 5.97 Å². The number of benzene rings is 2. The van der Waals surface area contributed by atoms with Crippen molar-refractivity contribution in [2.24, 2.45) is 0 Å². The highest BCUT2D eigenvalue weighted by molar-refractivity contribution is 7.14. The Labute approximate surface area is 196 Å². The Kier molecular flexibility index (Phi) is 7.16. The van der Waals surface area contributed by atoms with Crippen molar-refractivity contribution >= 4 is 28.1 Å². The minimum absolute atomic E-state index is 0.243. The van der Waals surface area contributed by atoms with E-state index in [2.05, 4.69) is 15.3 Å². The molecule has 4 aromatic rings. The fourth-order valence-electron chi connectivity index (χ4n) is 3.19. The number of pyridine rings is 1. The van der Waals surface area contributed by atoms with Crippen molar-refractivity contribution in [2.45, 2.75) is 12.8 Å². The van der Waals surface area contributed by atoms with Crippen molar-refractivity contribution in [3.63, 3.8) is 0 Å². The number of hydrogen-bond donors (Lipinski definition) is 1. The van der Waals surface area contributed by atoms with E-state index in [0.29, 0.717) is 23.7 Å². The SMILES string of the molecule is COc1ccc(CCC(=O)Oc2cccc(Nc3nc(-c4ccccn4)cs3)c2)cc1OC. The molecule has 0 aliphatic rings. The Hall–Kier alpha value is -3.91. The first-order valence-corrected chi connectivity index (χ1v) is 11.2. The van der Waals surface area contributed by atoms with E-state index in [1.54, 1.807) is 32.5 Å². The number of methoxy groups -OCH3 is 2. The molecule has 0 bridgehead atoms. The van der Waals surface area contributed by atoms with Crippen molar-refractivity contribution in [1.29, 1.82) is 0 Å². The smallest absolute Gasteiger partial charge is 0.311 e. The van der Waals surface area contributed by atoms with Crippen LogP contribution in [0.4, 0.5) is 10.8 Å². The summed E-state index contributed by atoms with van der Waals surface area (Å²) in [6.07, 6.45) is 2.52. The number of anilines is 2. The van der Waals surface area contributed by atoms with Crippen molar-refractivity contribution < 1.29 is 19.0 Å². The largest absolute Gasteiger partial charge is 0.493 e. The number of carbonyl (C=O) groups is 1. The summed E-state index contributed by atoms with van der Waals surface area (Å²) >= 11 is 1.48. The molecule has 0 unspecified atom stereocenters. The van der Waals surface area contributed by atoms with Crippen LogP contribution < -0.4 is 19.5 Å². The van der Waals surface area contributed by atoms with Gasteiger partial charge in [-0.05, 0) is 48.4 Å². The molecule has 0 aliphatic carbocycles. The molecule has 8 heteroatoms. The van der Waals surface area contributed by atoms with Crippen molar-refractivity contribution in [2.75, 3.05) is 19.5 Å². The van der Waals surface area contributed by atoms with Crippen LogP contribution in [-0.4, -0.2) is 30.2 Å². The molecule has 0 fully saturated rings. The molecule has 0 spiro atoms. The van der Waals surface area contributed by atoms with E-state index in [9.17, 15) is 4.79 Å². The minimum Gasteiger partial charge on any atom is -0.493 e. The number of aromatic nitrogens is 2. The summed E-state index contributed by atoms with van der Waals surface area (Å²) in [4.78, 5) is 21.3. The molecule has 4 rings (SSSR count). The summed E-state index contributed by atoms with van der Waals surface area (Å²) in [5, 5.41) is 5.93. The topological polar surface area (TPSA) is 82.6 Å². The van der Waals surface area contributed by atoms with Crippen LogP contribution in [-0.2, 0) is 11.2 Å². The maximum Gasteiger partial charge on any atom is 0.311 e. The molecule has 2 heterocycles. The number of thiazole rings is 1. The van der Waals surface area contributed by atoms with Crippen molar-refractivity contribution in [3.8, 4) is 28.6 Å². The van der Waals surface area contributed by atoms with Crippen LogP contribution in [0.5, 0.6) is 17.2 Å². The van der Waals surface area contributed by atoms with E-state index in [-0.39, 0.29) is 12.4 Å². The summed E-state index contributed by atoms with van der Waals surface area (Å²) in [7, 11) is 3.17. The molecule has 0 atom stereocenters.